The molecule has 0 aromatic heterocycles. The van der Waals surface area contributed by atoms with Crippen LogP contribution in [0.4, 0.5) is 0 Å². The van der Waals surface area contributed by atoms with Crippen LogP contribution in [-0.2, 0) is 12.5 Å². The number of hydrogen-bond donors (Lipinski definition) is 0. The van der Waals surface area contributed by atoms with Gasteiger partial charge in [-0.1, -0.05) is 18.2 Å². The zero-order valence-electron chi connectivity index (χ0n) is 12.4. The van der Waals surface area contributed by atoms with Crippen LogP contribution >= 0.6 is 27.5 Å². The first-order valence-corrected chi connectivity index (χ1v) is 7.99. The zero-order valence-corrected chi connectivity index (χ0v) is 14.7. The van der Waals surface area contributed by atoms with Crippen LogP contribution in [0.15, 0.2) is 34.8 Å². The lowest BCUT2D eigenvalue weighted by Gasteiger charge is -2.16. The number of benzene rings is 2. The van der Waals surface area contributed by atoms with E-state index < -0.39 is 0 Å². The van der Waals surface area contributed by atoms with Gasteiger partial charge < -0.3 is 9.47 Å². The summed E-state index contributed by atoms with van der Waals surface area (Å²) < 4.78 is 12.2. The summed E-state index contributed by atoms with van der Waals surface area (Å²) in [6.07, 6.45) is 0. The van der Waals surface area contributed by atoms with Crippen molar-refractivity contribution in [1.82, 2.24) is 0 Å². The number of hydrogen-bond acceptors (Lipinski definition) is 2. The van der Waals surface area contributed by atoms with Crippen molar-refractivity contribution >= 4 is 27.5 Å². The summed E-state index contributed by atoms with van der Waals surface area (Å²) in [7, 11) is 1.63. The van der Waals surface area contributed by atoms with Crippen molar-refractivity contribution in [2.45, 2.75) is 26.3 Å². The maximum Gasteiger partial charge on any atom is 0.175 e. The molecule has 0 bridgehead atoms. The molecule has 4 heteroatoms. The van der Waals surface area contributed by atoms with Crippen LogP contribution in [0, 0.1) is 13.8 Å². The van der Waals surface area contributed by atoms with Crippen LogP contribution in [0.1, 0.15) is 22.3 Å². The molecule has 0 fully saturated rings. The van der Waals surface area contributed by atoms with E-state index >= 15 is 0 Å². The molecular formula is C17H18BrClO2. The summed E-state index contributed by atoms with van der Waals surface area (Å²) in [5, 5.41) is 0. The van der Waals surface area contributed by atoms with Crippen LogP contribution < -0.4 is 9.47 Å². The molecule has 2 nitrogen and oxygen atoms in total. The van der Waals surface area contributed by atoms with E-state index in [0.717, 1.165) is 10.0 Å². The van der Waals surface area contributed by atoms with Crippen LogP contribution in [0.25, 0.3) is 0 Å². The van der Waals surface area contributed by atoms with E-state index in [-0.39, 0.29) is 0 Å². The monoisotopic (exact) mass is 368 g/mol. The Morgan fingerprint density at radius 3 is 2.38 bits per heavy atom. The predicted octanol–water partition coefficient (Wildman–Crippen LogP) is 5.39. The third-order valence-electron chi connectivity index (χ3n) is 3.45. The average molecular weight is 370 g/mol. The average Bonchev–Trinajstić information content (AvgIpc) is 2.47. The van der Waals surface area contributed by atoms with E-state index in [4.69, 9.17) is 21.1 Å². The molecule has 0 aliphatic rings. The van der Waals surface area contributed by atoms with Crippen molar-refractivity contribution < 1.29 is 9.47 Å². The van der Waals surface area contributed by atoms with Crippen molar-refractivity contribution in [1.29, 1.82) is 0 Å². The van der Waals surface area contributed by atoms with Crippen LogP contribution in [0.3, 0.4) is 0 Å². The number of methoxy groups -OCH3 is 1. The highest BCUT2D eigenvalue weighted by molar-refractivity contribution is 9.10. The summed E-state index contributed by atoms with van der Waals surface area (Å²) in [5.41, 5.74) is 4.64. The number of ether oxygens (including phenoxy) is 2. The van der Waals surface area contributed by atoms with Gasteiger partial charge in [0.1, 0.15) is 6.61 Å². The van der Waals surface area contributed by atoms with Gasteiger partial charge in [-0.05, 0) is 64.2 Å². The van der Waals surface area contributed by atoms with Gasteiger partial charge in [-0.2, -0.15) is 0 Å². The summed E-state index contributed by atoms with van der Waals surface area (Å²) in [4.78, 5) is 0. The Balaban J connectivity index is 2.28. The lowest BCUT2D eigenvalue weighted by molar-refractivity contribution is 0.281. The molecule has 0 saturated carbocycles. The van der Waals surface area contributed by atoms with Crippen LogP contribution in [-0.4, -0.2) is 7.11 Å². The molecule has 0 amide bonds. The Hall–Kier alpha value is -1.19. The number of rotatable bonds is 5. The zero-order chi connectivity index (χ0) is 15.4. The minimum Gasteiger partial charge on any atom is -0.493 e. The van der Waals surface area contributed by atoms with Gasteiger partial charge in [-0.3, -0.25) is 0 Å². The molecule has 21 heavy (non-hydrogen) atoms. The summed E-state index contributed by atoms with van der Waals surface area (Å²) >= 11 is 9.40. The normalized spacial score (nSPS) is 10.5. The topological polar surface area (TPSA) is 18.5 Å². The van der Waals surface area contributed by atoms with E-state index in [1.165, 1.54) is 16.7 Å². The van der Waals surface area contributed by atoms with Gasteiger partial charge in [0.2, 0.25) is 0 Å². The van der Waals surface area contributed by atoms with Crippen LogP contribution in [0.2, 0.25) is 0 Å². The third kappa shape index (κ3) is 3.72. The highest BCUT2D eigenvalue weighted by Crippen LogP contribution is 2.37. The molecule has 0 N–H and O–H groups in total. The molecule has 0 atom stereocenters. The molecule has 112 valence electrons. The minimum absolute atomic E-state index is 0.437. The van der Waals surface area contributed by atoms with Crippen LogP contribution in [0.5, 0.6) is 11.5 Å². The molecule has 2 aromatic carbocycles. The molecule has 0 radical (unpaired) electrons. The predicted molar refractivity (Wildman–Crippen MR) is 90.5 cm³/mol. The van der Waals surface area contributed by atoms with Gasteiger partial charge in [0, 0.05) is 5.88 Å². The Morgan fingerprint density at radius 2 is 1.81 bits per heavy atom. The number of aryl methyl sites for hydroxylation is 2. The molecule has 0 aliphatic carbocycles. The van der Waals surface area contributed by atoms with Crippen molar-refractivity contribution in [2.24, 2.45) is 0 Å². The molecular weight excluding hydrogens is 352 g/mol. The first kappa shape index (κ1) is 16.2. The summed E-state index contributed by atoms with van der Waals surface area (Å²) in [6, 6.07) is 10.1. The molecule has 0 saturated heterocycles. The van der Waals surface area contributed by atoms with Gasteiger partial charge in [-0.25, -0.2) is 0 Å². The molecule has 0 unspecified atom stereocenters. The van der Waals surface area contributed by atoms with E-state index in [9.17, 15) is 0 Å². The number of halogens is 2. The molecule has 0 aliphatic heterocycles. The molecule has 2 rings (SSSR count). The fourth-order valence-electron chi connectivity index (χ4n) is 2.21. The van der Waals surface area contributed by atoms with Gasteiger partial charge in [0.05, 0.1) is 11.6 Å². The van der Waals surface area contributed by atoms with Crippen molar-refractivity contribution in [3.8, 4) is 11.5 Å². The Kier molecular flexibility index (Phi) is 5.54. The van der Waals surface area contributed by atoms with Crippen molar-refractivity contribution in [3.05, 3.63) is 57.1 Å². The number of alkyl halides is 1. The maximum atomic E-state index is 5.99. The Morgan fingerprint density at radius 1 is 1.14 bits per heavy atom. The summed E-state index contributed by atoms with van der Waals surface area (Å²) in [5.74, 6) is 1.83. The first-order valence-electron chi connectivity index (χ1n) is 6.67. The third-order valence-corrected chi connectivity index (χ3v) is 4.35. The molecule has 2 aromatic rings. The van der Waals surface area contributed by atoms with E-state index in [1.54, 1.807) is 7.11 Å². The Bertz CT molecular complexity index is 621. The SMILES string of the molecule is COc1cc(CCl)cc(Br)c1OCc1c(C)cccc1C. The second-order valence-corrected chi connectivity index (χ2v) is 6.02. The standard InChI is InChI=1S/C17H18BrClO2/c1-11-5-4-6-12(2)14(11)10-21-17-15(18)7-13(9-19)8-16(17)20-3/h4-8H,9-10H2,1-3H3. The summed E-state index contributed by atoms with van der Waals surface area (Å²) in [6.45, 7) is 4.69. The minimum atomic E-state index is 0.437. The maximum absolute atomic E-state index is 5.99. The fourth-order valence-corrected chi connectivity index (χ4v) is 2.97. The quantitative estimate of drug-likeness (QED) is 0.658. The lowest BCUT2D eigenvalue weighted by atomic mass is 10.0. The lowest BCUT2D eigenvalue weighted by Crippen LogP contribution is -2.02. The smallest absolute Gasteiger partial charge is 0.175 e. The second-order valence-electron chi connectivity index (χ2n) is 4.90. The second kappa shape index (κ2) is 7.19. The van der Waals surface area contributed by atoms with E-state index in [0.29, 0.717) is 24.0 Å². The van der Waals surface area contributed by atoms with E-state index in [2.05, 4.69) is 48.0 Å². The van der Waals surface area contributed by atoms with Gasteiger partial charge in [0.15, 0.2) is 11.5 Å². The highest BCUT2D eigenvalue weighted by Gasteiger charge is 2.13. The van der Waals surface area contributed by atoms with Crippen molar-refractivity contribution in [2.75, 3.05) is 7.11 Å². The molecule has 0 spiro atoms. The van der Waals surface area contributed by atoms with Crippen molar-refractivity contribution in [3.63, 3.8) is 0 Å². The highest BCUT2D eigenvalue weighted by atomic mass is 79.9. The largest absolute Gasteiger partial charge is 0.493 e. The first-order chi connectivity index (χ1) is 10.1. The Labute approximate surface area is 139 Å². The fraction of sp³-hybridized carbons (Fsp3) is 0.294. The van der Waals surface area contributed by atoms with Gasteiger partial charge in [0.25, 0.3) is 0 Å². The van der Waals surface area contributed by atoms with E-state index in [1.807, 2.05) is 12.1 Å². The molecule has 0 heterocycles. The van der Waals surface area contributed by atoms with Gasteiger partial charge >= 0.3 is 0 Å². The van der Waals surface area contributed by atoms with Gasteiger partial charge in [-0.15, -0.1) is 11.6 Å².